The zero-order chi connectivity index (χ0) is 20.3. The van der Waals surface area contributed by atoms with Gasteiger partial charge in [0.25, 0.3) is 0 Å². The molecule has 1 rings (SSSR count). The van der Waals surface area contributed by atoms with Gasteiger partial charge < -0.3 is 5.11 Å². The van der Waals surface area contributed by atoms with Gasteiger partial charge >= 0.3 is 0 Å². The molecular weight excluding hydrogens is 344 g/mol. The normalized spacial score (nSPS) is 19.6. The Morgan fingerprint density at radius 2 is 1.39 bits per heavy atom. The van der Waals surface area contributed by atoms with E-state index in [4.69, 9.17) is 4.99 Å². The van der Waals surface area contributed by atoms with Gasteiger partial charge in [0.15, 0.2) is 5.84 Å². The number of aliphatic imine (C=N–C) groups is 1. The standard InChI is InChI=1S/C25H49N2O/c1-3-5-6-7-8-9-10-11-12-13-14-15-16-17-18-19-20-25-26-21-22-27(25,4-2)23-24-28/h6-7,28H,3-5,8-24H2,1-2H3/q+1/b7-6+. The van der Waals surface area contributed by atoms with E-state index in [2.05, 4.69) is 26.0 Å². The van der Waals surface area contributed by atoms with Crippen molar-refractivity contribution in [2.75, 3.05) is 32.8 Å². The van der Waals surface area contributed by atoms with Crippen LogP contribution >= 0.6 is 0 Å². The van der Waals surface area contributed by atoms with Crippen LogP contribution in [-0.4, -0.2) is 48.2 Å². The van der Waals surface area contributed by atoms with Gasteiger partial charge in [0.05, 0.1) is 19.7 Å². The summed E-state index contributed by atoms with van der Waals surface area (Å²) in [6, 6.07) is 0. The molecule has 0 aromatic carbocycles. The van der Waals surface area contributed by atoms with Crippen LogP contribution < -0.4 is 0 Å². The SMILES string of the molecule is CCC/C=C/CCCCCCCCCCCCCC1=NCC[N+]1(CC)CCO. The van der Waals surface area contributed by atoms with Crippen LogP contribution in [0.15, 0.2) is 17.1 Å². The summed E-state index contributed by atoms with van der Waals surface area (Å²) < 4.78 is 0.950. The van der Waals surface area contributed by atoms with Gasteiger partial charge in [-0.3, -0.25) is 4.48 Å². The van der Waals surface area contributed by atoms with Gasteiger partial charge in [0.1, 0.15) is 13.1 Å². The quantitative estimate of drug-likeness (QED) is 0.149. The summed E-state index contributed by atoms with van der Waals surface area (Å²) in [5.74, 6) is 1.36. The lowest BCUT2D eigenvalue weighted by atomic mass is 10.0. The third kappa shape index (κ3) is 10.8. The zero-order valence-electron chi connectivity index (χ0n) is 19.1. The maximum Gasteiger partial charge on any atom is 0.198 e. The summed E-state index contributed by atoms with van der Waals surface area (Å²) in [6.07, 6.45) is 25.0. The van der Waals surface area contributed by atoms with E-state index in [1.807, 2.05) is 0 Å². The number of aliphatic hydroxyl groups is 1. The molecule has 1 atom stereocenters. The maximum atomic E-state index is 9.38. The molecule has 0 saturated heterocycles. The lowest BCUT2D eigenvalue weighted by Crippen LogP contribution is -2.52. The Labute approximate surface area is 175 Å². The molecule has 0 amide bonds. The molecule has 0 aromatic rings. The largest absolute Gasteiger partial charge is 0.390 e. The van der Waals surface area contributed by atoms with Crippen molar-refractivity contribution in [1.82, 2.24) is 0 Å². The number of quaternary nitrogens is 1. The van der Waals surface area contributed by atoms with Gasteiger partial charge in [-0.2, -0.15) is 0 Å². The van der Waals surface area contributed by atoms with E-state index in [1.54, 1.807) is 0 Å². The van der Waals surface area contributed by atoms with Gasteiger partial charge in [-0.25, -0.2) is 4.99 Å². The molecule has 0 fully saturated rings. The number of amidine groups is 1. The van der Waals surface area contributed by atoms with Gasteiger partial charge in [-0.05, 0) is 32.6 Å². The Morgan fingerprint density at radius 3 is 1.96 bits per heavy atom. The highest BCUT2D eigenvalue weighted by Gasteiger charge is 2.35. The highest BCUT2D eigenvalue weighted by molar-refractivity contribution is 5.76. The minimum Gasteiger partial charge on any atom is -0.390 e. The molecular formula is C25H49N2O+. The maximum absolute atomic E-state index is 9.38. The van der Waals surface area contributed by atoms with Crippen molar-refractivity contribution in [3.8, 4) is 0 Å². The average molecular weight is 394 g/mol. The second-order valence-corrected chi connectivity index (χ2v) is 8.62. The molecule has 1 heterocycles. The monoisotopic (exact) mass is 393 g/mol. The molecule has 1 aliphatic heterocycles. The summed E-state index contributed by atoms with van der Waals surface area (Å²) >= 11 is 0. The Balaban J connectivity index is 1.88. The minimum absolute atomic E-state index is 0.281. The molecule has 0 radical (unpaired) electrons. The van der Waals surface area contributed by atoms with Crippen LogP contribution in [0.4, 0.5) is 0 Å². The lowest BCUT2D eigenvalue weighted by molar-refractivity contribution is -0.835. The zero-order valence-corrected chi connectivity index (χ0v) is 19.1. The fourth-order valence-electron chi connectivity index (χ4n) is 4.44. The van der Waals surface area contributed by atoms with Gasteiger partial charge in [-0.15, -0.1) is 0 Å². The summed E-state index contributed by atoms with van der Waals surface area (Å²) in [7, 11) is 0. The van der Waals surface area contributed by atoms with E-state index in [9.17, 15) is 5.11 Å². The molecule has 28 heavy (non-hydrogen) atoms. The van der Waals surface area contributed by atoms with Crippen molar-refractivity contribution >= 4 is 5.84 Å². The lowest BCUT2D eigenvalue weighted by Gasteiger charge is -2.33. The number of likely N-dealkylation sites (N-methyl/N-ethyl adjacent to an activating group) is 1. The van der Waals surface area contributed by atoms with E-state index in [0.717, 1.165) is 37.1 Å². The number of unbranched alkanes of at least 4 members (excludes halogenated alkanes) is 12. The molecule has 3 heteroatoms. The van der Waals surface area contributed by atoms with E-state index in [1.165, 1.54) is 95.7 Å². The highest BCUT2D eigenvalue weighted by Crippen LogP contribution is 2.20. The molecule has 0 aromatic heterocycles. The highest BCUT2D eigenvalue weighted by atomic mass is 16.3. The fourth-order valence-corrected chi connectivity index (χ4v) is 4.44. The predicted molar refractivity (Wildman–Crippen MR) is 124 cm³/mol. The molecule has 3 nitrogen and oxygen atoms in total. The van der Waals surface area contributed by atoms with Crippen molar-refractivity contribution in [3.05, 3.63) is 12.2 Å². The molecule has 1 unspecified atom stereocenters. The van der Waals surface area contributed by atoms with E-state index in [0.29, 0.717) is 0 Å². The number of hydrogen-bond acceptors (Lipinski definition) is 2. The van der Waals surface area contributed by atoms with Crippen molar-refractivity contribution in [2.45, 2.75) is 110 Å². The van der Waals surface area contributed by atoms with Crippen molar-refractivity contribution in [1.29, 1.82) is 0 Å². The first-order valence-corrected chi connectivity index (χ1v) is 12.4. The predicted octanol–water partition coefficient (Wildman–Crippen LogP) is 6.66. The van der Waals surface area contributed by atoms with Crippen molar-refractivity contribution in [2.24, 2.45) is 4.99 Å². The third-order valence-electron chi connectivity index (χ3n) is 6.40. The van der Waals surface area contributed by atoms with E-state index >= 15 is 0 Å². The topological polar surface area (TPSA) is 32.6 Å². The number of aliphatic hydroxyl groups excluding tert-OH is 1. The van der Waals surface area contributed by atoms with Crippen LogP contribution in [-0.2, 0) is 0 Å². The van der Waals surface area contributed by atoms with E-state index < -0.39 is 0 Å². The Morgan fingerprint density at radius 1 is 0.821 bits per heavy atom. The molecule has 0 aliphatic carbocycles. The minimum atomic E-state index is 0.281. The Hall–Kier alpha value is -0.670. The molecule has 0 saturated carbocycles. The Kier molecular flexibility index (Phi) is 15.6. The molecule has 0 spiro atoms. The van der Waals surface area contributed by atoms with E-state index in [-0.39, 0.29) is 6.61 Å². The summed E-state index contributed by atoms with van der Waals surface area (Å²) in [5, 5.41) is 9.38. The van der Waals surface area contributed by atoms with Gasteiger partial charge in [0, 0.05) is 6.42 Å². The van der Waals surface area contributed by atoms with Crippen LogP contribution in [0.5, 0.6) is 0 Å². The second kappa shape index (κ2) is 17.2. The first-order chi connectivity index (χ1) is 13.8. The molecule has 164 valence electrons. The smallest absolute Gasteiger partial charge is 0.198 e. The third-order valence-corrected chi connectivity index (χ3v) is 6.40. The van der Waals surface area contributed by atoms with Crippen LogP contribution in [0.2, 0.25) is 0 Å². The van der Waals surface area contributed by atoms with Crippen molar-refractivity contribution in [3.63, 3.8) is 0 Å². The second-order valence-electron chi connectivity index (χ2n) is 8.62. The number of rotatable bonds is 19. The molecule has 0 bridgehead atoms. The molecule has 1 aliphatic rings. The first-order valence-electron chi connectivity index (χ1n) is 12.4. The summed E-state index contributed by atoms with van der Waals surface area (Å²) in [5.41, 5.74) is 0. The Bertz CT molecular complexity index is 419. The van der Waals surface area contributed by atoms with Crippen LogP contribution in [0.25, 0.3) is 0 Å². The summed E-state index contributed by atoms with van der Waals surface area (Å²) in [4.78, 5) is 4.76. The van der Waals surface area contributed by atoms with Gasteiger partial charge in [-0.1, -0.05) is 83.3 Å². The number of allylic oxidation sites excluding steroid dienone is 2. The first kappa shape index (κ1) is 25.4. The van der Waals surface area contributed by atoms with Crippen LogP contribution in [0, 0.1) is 0 Å². The fraction of sp³-hybridized carbons (Fsp3) is 0.880. The number of nitrogens with zero attached hydrogens (tertiary/aromatic N) is 2. The molecule has 1 N–H and O–H groups in total. The van der Waals surface area contributed by atoms with Crippen LogP contribution in [0.3, 0.4) is 0 Å². The number of hydrogen-bond donors (Lipinski definition) is 1. The average Bonchev–Trinajstić information content (AvgIpc) is 3.11. The van der Waals surface area contributed by atoms with Crippen LogP contribution in [0.1, 0.15) is 110 Å². The summed E-state index contributed by atoms with van der Waals surface area (Å²) in [6.45, 7) is 8.75. The van der Waals surface area contributed by atoms with Crippen molar-refractivity contribution < 1.29 is 9.59 Å². The van der Waals surface area contributed by atoms with Gasteiger partial charge in [0.2, 0.25) is 0 Å².